The molecule has 1 aromatic heterocycles. The number of para-hydroxylation sites is 1. The lowest BCUT2D eigenvalue weighted by Gasteiger charge is -2.36. The van der Waals surface area contributed by atoms with Crippen LogP contribution in [0.4, 0.5) is 0 Å². The van der Waals surface area contributed by atoms with Gasteiger partial charge in [0, 0.05) is 17.5 Å². The van der Waals surface area contributed by atoms with Crippen molar-refractivity contribution >= 4 is 5.71 Å². The molecule has 27 heavy (non-hydrogen) atoms. The first-order chi connectivity index (χ1) is 13.4. The van der Waals surface area contributed by atoms with E-state index in [0.29, 0.717) is 0 Å². The number of ether oxygens (including phenoxy) is 3. The van der Waals surface area contributed by atoms with Crippen molar-refractivity contribution in [2.75, 3.05) is 6.79 Å². The third-order valence-electron chi connectivity index (χ3n) is 5.19. The molecule has 0 spiro atoms. The zero-order valence-electron chi connectivity index (χ0n) is 14.4. The van der Waals surface area contributed by atoms with E-state index in [1.807, 2.05) is 53.5 Å². The van der Waals surface area contributed by atoms with Gasteiger partial charge in [0.15, 0.2) is 17.3 Å². The molecule has 3 aromatic rings. The van der Waals surface area contributed by atoms with Crippen LogP contribution in [0.2, 0.25) is 0 Å². The van der Waals surface area contributed by atoms with Crippen LogP contribution in [0, 0.1) is 0 Å². The minimum Gasteiger partial charge on any atom is -0.463 e. The van der Waals surface area contributed by atoms with Gasteiger partial charge in [0.25, 0.3) is 0 Å². The van der Waals surface area contributed by atoms with E-state index in [4.69, 9.17) is 23.7 Å². The summed E-state index contributed by atoms with van der Waals surface area (Å²) in [6, 6.07) is 18.0. The molecule has 6 heteroatoms. The first-order valence-corrected chi connectivity index (χ1v) is 8.92. The molecule has 0 amide bonds. The summed E-state index contributed by atoms with van der Waals surface area (Å²) in [5.74, 6) is 3.16. The maximum absolute atomic E-state index is 6.23. The lowest BCUT2D eigenvalue weighted by Crippen LogP contribution is -2.33. The van der Waals surface area contributed by atoms with Crippen LogP contribution in [-0.2, 0) is 0 Å². The molecule has 0 bridgehead atoms. The lowest BCUT2D eigenvalue weighted by atomic mass is 9.96. The average Bonchev–Trinajstić information content (AvgIpc) is 3.47. The molecule has 6 rings (SSSR count). The van der Waals surface area contributed by atoms with Crippen LogP contribution >= 0.6 is 0 Å². The number of rotatable bonds is 2. The molecule has 134 valence electrons. The molecule has 4 heterocycles. The molecule has 0 N–H and O–H groups in total. The highest BCUT2D eigenvalue weighted by atomic mass is 16.7. The summed E-state index contributed by atoms with van der Waals surface area (Å²) >= 11 is 0. The van der Waals surface area contributed by atoms with E-state index in [2.05, 4.69) is 6.07 Å². The van der Waals surface area contributed by atoms with Gasteiger partial charge in [0.2, 0.25) is 13.0 Å². The van der Waals surface area contributed by atoms with Crippen LogP contribution < -0.4 is 14.2 Å². The van der Waals surface area contributed by atoms with Crippen LogP contribution in [0.3, 0.4) is 0 Å². The quantitative estimate of drug-likeness (QED) is 0.684. The fraction of sp³-hybridized carbons (Fsp3) is 0.190. The average molecular weight is 360 g/mol. The predicted molar refractivity (Wildman–Crippen MR) is 96.8 cm³/mol. The Bertz CT molecular complexity index is 1040. The summed E-state index contributed by atoms with van der Waals surface area (Å²) < 4.78 is 22.8. The van der Waals surface area contributed by atoms with E-state index in [9.17, 15) is 0 Å². The molecule has 2 aromatic carbocycles. The normalized spacial score (nSPS) is 22.1. The summed E-state index contributed by atoms with van der Waals surface area (Å²) in [5.41, 5.74) is 3.17. The van der Waals surface area contributed by atoms with E-state index in [0.717, 1.165) is 46.3 Å². The summed E-state index contributed by atoms with van der Waals surface area (Å²) in [5, 5.41) is 6.91. The Morgan fingerprint density at radius 3 is 2.78 bits per heavy atom. The van der Waals surface area contributed by atoms with Crippen molar-refractivity contribution in [3.63, 3.8) is 0 Å². The van der Waals surface area contributed by atoms with E-state index in [1.165, 1.54) is 0 Å². The minimum absolute atomic E-state index is 0.102. The van der Waals surface area contributed by atoms with Crippen LogP contribution in [-0.4, -0.2) is 17.5 Å². The Morgan fingerprint density at radius 2 is 1.85 bits per heavy atom. The number of benzene rings is 2. The number of hydrogen-bond donors (Lipinski definition) is 0. The summed E-state index contributed by atoms with van der Waals surface area (Å²) in [6.45, 7) is 0.266. The molecule has 2 unspecified atom stereocenters. The van der Waals surface area contributed by atoms with Gasteiger partial charge in [-0.1, -0.05) is 18.2 Å². The zero-order chi connectivity index (χ0) is 17.8. The van der Waals surface area contributed by atoms with Crippen molar-refractivity contribution in [1.29, 1.82) is 0 Å². The Labute approximate surface area is 155 Å². The topological polar surface area (TPSA) is 56.4 Å². The number of hydrazone groups is 1. The molecular weight excluding hydrogens is 344 g/mol. The van der Waals surface area contributed by atoms with Crippen molar-refractivity contribution in [3.05, 3.63) is 77.7 Å². The Balaban J connectivity index is 1.43. The van der Waals surface area contributed by atoms with Crippen molar-refractivity contribution in [1.82, 2.24) is 5.01 Å². The van der Waals surface area contributed by atoms with E-state index in [-0.39, 0.29) is 19.1 Å². The van der Waals surface area contributed by atoms with Gasteiger partial charge in [-0.25, -0.2) is 5.01 Å². The molecule has 0 aliphatic carbocycles. The lowest BCUT2D eigenvalue weighted by molar-refractivity contribution is -0.0325. The highest BCUT2D eigenvalue weighted by Crippen LogP contribution is 2.47. The molecule has 0 fully saturated rings. The number of nitrogens with zero attached hydrogens (tertiary/aromatic N) is 2. The van der Waals surface area contributed by atoms with Crippen LogP contribution in [0.25, 0.3) is 0 Å². The Kier molecular flexibility index (Phi) is 3.02. The predicted octanol–water partition coefficient (Wildman–Crippen LogP) is 4.25. The number of hydrogen-bond acceptors (Lipinski definition) is 6. The molecular formula is C21H16N2O4. The Hall–Kier alpha value is -3.41. The van der Waals surface area contributed by atoms with Crippen molar-refractivity contribution in [2.45, 2.75) is 18.7 Å². The third-order valence-corrected chi connectivity index (χ3v) is 5.19. The van der Waals surface area contributed by atoms with E-state index < -0.39 is 0 Å². The molecule has 0 radical (unpaired) electrons. The summed E-state index contributed by atoms with van der Waals surface area (Å²) in [6.07, 6.45) is 2.07. The van der Waals surface area contributed by atoms with Gasteiger partial charge in [-0.3, -0.25) is 0 Å². The van der Waals surface area contributed by atoms with Gasteiger partial charge >= 0.3 is 0 Å². The zero-order valence-corrected chi connectivity index (χ0v) is 14.4. The van der Waals surface area contributed by atoms with Gasteiger partial charge in [-0.15, -0.1) is 0 Å². The fourth-order valence-electron chi connectivity index (χ4n) is 3.90. The first kappa shape index (κ1) is 14.7. The van der Waals surface area contributed by atoms with Crippen molar-refractivity contribution < 1.29 is 18.6 Å². The molecule has 0 saturated carbocycles. The maximum atomic E-state index is 6.23. The van der Waals surface area contributed by atoms with Gasteiger partial charge in [0.05, 0.1) is 18.0 Å². The largest absolute Gasteiger partial charge is 0.463 e. The highest BCUT2D eigenvalue weighted by molar-refractivity contribution is 6.02. The summed E-state index contributed by atoms with van der Waals surface area (Å²) in [4.78, 5) is 0. The second-order valence-corrected chi connectivity index (χ2v) is 6.74. The monoisotopic (exact) mass is 360 g/mol. The number of furan rings is 1. The van der Waals surface area contributed by atoms with Gasteiger partial charge in [0.1, 0.15) is 5.75 Å². The van der Waals surface area contributed by atoms with E-state index in [1.54, 1.807) is 6.26 Å². The van der Waals surface area contributed by atoms with Crippen molar-refractivity contribution in [3.8, 4) is 17.2 Å². The SMILES string of the molecule is c1coc(C2Oc3ccccc3C3CC(c4ccc5c(c4)OCO5)=NN32)c1. The smallest absolute Gasteiger partial charge is 0.246 e. The highest BCUT2D eigenvalue weighted by Gasteiger charge is 2.42. The number of fused-ring (bicyclic) bond motifs is 4. The second-order valence-electron chi connectivity index (χ2n) is 6.74. The third kappa shape index (κ3) is 2.23. The van der Waals surface area contributed by atoms with E-state index >= 15 is 0 Å². The van der Waals surface area contributed by atoms with Crippen LogP contribution in [0.5, 0.6) is 17.2 Å². The first-order valence-electron chi connectivity index (χ1n) is 8.92. The van der Waals surface area contributed by atoms with Gasteiger partial charge in [-0.05, 0) is 36.4 Å². The molecule has 0 saturated heterocycles. The van der Waals surface area contributed by atoms with Gasteiger partial charge in [-0.2, -0.15) is 5.10 Å². The minimum atomic E-state index is -0.383. The second kappa shape index (κ2) is 5.54. The maximum Gasteiger partial charge on any atom is 0.246 e. The molecule has 3 aliphatic rings. The standard InChI is InChI=1S/C21H16N2O4/c1-2-5-17-14(4-1)16-11-15(13-7-8-18-20(10-13)26-12-25-18)22-23(16)21(27-17)19-6-3-9-24-19/h1-10,16,21H,11-12H2. The fourth-order valence-corrected chi connectivity index (χ4v) is 3.90. The molecule has 6 nitrogen and oxygen atoms in total. The van der Waals surface area contributed by atoms with Crippen LogP contribution in [0.15, 0.2) is 70.4 Å². The van der Waals surface area contributed by atoms with Crippen molar-refractivity contribution in [2.24, 2.45) is 5.10 Å². The summed E-state index contributed by atoms with van der Waals surface area (Å²) in [7, 11) is 0. The molecule has 3 aliphatic heterocycles. The Morgan fingerprint density at radius 1 is 0.926 bits per heavy atom. The molecule has 2 atom stereocenters. The van der Waals surface area contributed by atoms with Crippen LogP contribution in [0.1, 0.15) is 35.6 Å². The van der Waals surface area contributed by atoms with Gasteiger partial charge < -0.3 is 18.6 Å².